The Morgan fingerprint density at radius 2 is 1.83 bits per heavy atom. The summed E-state index contributed by atoms with van der Waals surface area (Å²) in [5.41, 5.74) is 4.20. The molecule has 2 unspecified atom stereocenters. The van der Waals surface area contributed by atoms with Gasteiger partial charge in [-0.1, -0.05) is 51.1 Å². The van der Waals surface area contributed by atoms with Gasteiger partial charge in [0.15, 0.2) is 0 Å². The van der Waals surface area contributed by atoms with E-state index in [0.29, 0.717) is 0 Å². The highest BCUT2D eigenvalue weighted by atomic mass is 19.1. The molecule has 0 fully saturated rings. The fraction of sp³-hybridized carbons (Fsp3) is 0.400. The van der Waals surface area contributed by atoms with E-state index in [2.05, 4.69) is 50.1 Å². The van der Waals surface area contributed by atoms with Crippen LogP contribution in [0, 0.1) is 11.2 Å². The van der Waals surface area contributed by atoms with Crippen molar-refractivity contribution in [3.8, 4) is 5.69 Å². The van der Waals surface area contributed by atoms with Crippen LogP contribution in [-0.4, -0.2) is 21.0 Å². The van der Waals surface area contributed by atoms with E-state index in [9.17, 15) is 9.50 Å². The van der Waals surface area contributed by atoms with Crippen LogP contribution in [0.3, 0.4) is 0 Å². The fourth-order valence-corrected chi connectivity index (χ4v) is 4.58. The van der Waals surface area contributed by atoms with Crippen molar-refractivity contribution in [1.29, 1.82) is 0 Å². The molecule has 1 aromatic heterocycles. The molecule has 0 radical (unpaired) electrons. The molecule has 0 bridgehead atoms. The molecule has 1 N–H and O–H groups in total. The van der Waals surface area contributed by atoms with Crippen molar-refractivity contribution in [3.05, 3.63) is 83.4 Å². The minimum Gasteiger partial charge on any atom is -0.393 e. The van der Waals surface area contributed by atoms with E-state index < -0.39 is 6.10 Å². The van der Waals surface area contributed by atoms with Crippen LogP contribution in [-0.2, 0) is 18.3 Å². The van der Waals surface area contributed by atoms with Crippen molar-refractivity contribution < 1.29 is 9.50 Å². The summed E-state index contributed by atoms with van der Waals surface area (Å²) in [4.78, 5) is 0. The van der Waals surface area contributed by atoms with Gasteiger partial charge in [-0.2, -0.15) is 5.10 Å². The fourth-order valence-electron chi connectivity index (χ4n) is 4.58. The lowest BCUT2D eigenvalue weighted by Crippen LogP contribution is -2.41. The second kappa shape index (κ2) is 7.42. The molecule has 0 saturated carbocycles. The lowest BCUT2D eigenvalue weighted by molar-refractivity contribution is 0.00651. The van der Waals surface area contributed by atoms with Crippen molar-refractivity contribution in [1.82, 2.24) is 9.78 Å². The van der Waals surface area contributed by atoms with E-state index in [0.717, 1.165) is 31.4 Å². The first kappa shape index (κ1) is 19.8. The van der Waals surface area contributed by atoms with Gasteiger partial charge in [-0.15, -0.1) is 0 Å². The van der Waals surface area contributed by atoms with Crippen molar-refractivity contribution >= 4 is 0 Å². The van der Waals surface area contributed by atoms with Gasteiger partial charge >= 0.3 is 0 Å². The van der Waals surface area contributed by atoms with Gasteiger partial charge in [0.05, 0.1) is 18.0 Å². The van der Waals surface area contributed by atoms with Gasteiger partial charge in [0, 0.05) is 5.69 Å². The summed E-state index contributed by atoms with van der Waals surface area (Å²) in [6, 6.07) is 16.9. The van der Waals surface area contributed by atoms with Crippen molar-refractivity contribution in [2.75, 3.05) is 0 Å². The summed E-state index contributed by atoms with van der Waals surface area (Å²) in [6.07, 6.45) is 4.78. The van der Waals surface area contributed by atoms with E-state index in [1.54, 1.807) is 12.1 Å². The largest absolute Gasteiger partial charge is 0.393 e. The molecule has 0 amide bonds. The number of aliphatic hydroxyl groups is 1. The van der Waals surface area contributed by atoms with Gasteiger partial charge in [-0.3, -0.25) is 0 Å². The lowest BCUT2D eigenvalue weighted by atomic mass is 9.66. The van der Waals surface area contributed by atoms with E-state index in [1.807, 2.05) is 16.9 Å². The zero-order chi connectivity index (χ0) is 20.6. The predicted octanol–water partition coefficient (Wildman–Crippen LogP) is 5.24. The van der Waals surface area contributed by atoms with Gasteiger partial charge < -0.3 is 5.11 Å². The van der Waals surface area contributed by atoms with Crippen LogP contribution in [0.1, 0.15) is 50.4 Å². The van der Waals surface area contributed by atoms with Gasteiger partial charge in [0.25, 0.3) is 0 Å². The van der Waals surface area contributed by atoms with Crippen LogP contribution in [0.4, 0.5) is 4.39 Å². The normalized spacial score (nSPS) is 20.3. The molecule has 0 aliphatic heterocycles. The standard InChI is InChI=1S/C25H29FN2O/c1-24(2,19-7-5-4-6-8-19)16-23(29)25(3)14-13-22-18(15-25)17-27-28(22)21-11-9-20(26)10-12-21/h4-12,17,23,29H,13-16H2,1-3H3. The summed E-state index contributed by atoms with van der Waals surface area (Å²) in [5, 5.41) is 15.8. The molecular formula is C25H29FN2O. The maximum absolute atomic E-state index is 13.3. The average molecular weight is 393 g/mol. The first-order chi connectivity index (χ1) is 13.8. The summed E-state index contributed by atoms with van der Waals surface area (Å²) in [5.74, 6) is -0.244. The van der Waals surface area contributed by atoms with Crippen LogP contribution >= 0.6 is 0 Å². The Morgan fingerprint density at radius 3 is 2.52 bits per heavy atom. The lowest BCUT2D eigenvalue weighted by Gasteiger charge is -2.41. The second-order valence-corrected chi connectivity index (χ2v) is 9.31. The van der Waals surface area contributed by atoms with Crippen LogP contribution in [0.5, 0.6) is 0 Å². The highest BCUT2D eigenvalue weighted by Gasteiger charge is 2.40. The van der Waals surface area contributed by atoms with E-state index in [1.165, 1.54) is 29.0 Å². The zero-order valence-electron chi connectivity index (χ0n) is 17.4. The van der Waals surface area contributed by atoms with Gasteiger partial charge in [-0.05, 0) is 71.9 Å². The maximum Gasteiger partial charge on any atom is 0.123 e. The van der Waals surface area contributed by atoms with Gasteiger partial charge in [0.2, 0.25) is 0 Å². The Morgan fingerprint density at radius 1 is 1.14 bits per heavy atom. The molecule has 1 aliphatic rings. The van der Waals surface area contributed by atoms with E-state index in [-0.39, 0.29) is 16.6 Å². The van der Waals surface area contributed by atoms with E-state index >= 15 is 0 Å². The van der Waals surface area contributed by atoms with Crippen molar-refractivity contribution in [2.45, 2.75) is 58.0 Å². The Bertz CT molecular complexity index is 978. The first-order valence-corrected chi connectivity index (χ1v) is 10.3. The molecule has 1 aliphatic carbocycles. The third kappa shape index (κ3) is 3.86. The molecule has 152 valence electrons. The average Bonchev–Trinajstić information content (AvgIpc) is 3.11. The third-order valence-electron chi connectivity index (χ3n) is 6.62. The first-order valence-electron chi connectivity index (χ1n) is 10.3. The van der Waals surface area contributed by atoms with Crippen LogP contribution < -0.4 is 0 Å². The Kier molecular flexibility index (Phi) is 5.07. The van der Waals surface area contributed by atoms with Crippen LogP contribution in [0.25, 0.3) is 5.69 Å². The van der Waals surface area contributed by atoms with Crippen molar-refractivity contribution in [3.63, 3.8) is 0 Å². The van der Waals surface area contributed by atoms with Crippen LogP contribution in [0.2, 0.25) is 0 Å². The molecule has 29 heavy (non-hydrogen) atoms. The molecular weight excluding hydrogens is 363 g/mol. The molecule has 4 heteroatoms. The monoisotopic (exact) mass is 392 g/mol. The smallest absolute Gasteiger partial charge is 0.123 e. The number of aliphatic hydroxyl groups excluding tert-OH is 1. The molecule has 2 atom stereocenters. The number of fused-ring (bicyclic) bond motifs is 1. The molecule has 3 nitrogen and oxygen atoms in total. The second-order valence-electron chi connectivity index (χ2n) is 9.31. The number of nitrogens with zero attached hydrogens (tertiary/aromatic N) is 2. The Labute approximate surface area is 172 Å². The number of benzene rings is 2. The van der Waals surface area contributed by atoms with Crippen molar-refractivity contribution in [2.24, 2.45) is 5.41 Å². The molecule has 2 aromatic carbocycles. The molecule has 1 heterocycles. The SMILES string of the molecule is CC(C)(CC(O)C1(C)CCc2c(cnn2-c2ccc(F)cc2)C1)c1ccccc1. The topological polar surface area (TPSA) is 38.1 Å². The zero-order valence-corrected chi connectivity index (χ0v) is 17.4. The molecule has 3 aromatic rings. The Balaban J connectivity index is 1.53. The number of aromatic nitrogens is 2. The highest BCUT2D eigenvalue weighted by molar-refractivity contribution is 5.37. The summed E-state index contributed by atoms with van der Waals surface area (Å²) in [6.45, 7) is 6.60. The number of rotatable bonds is 5. The van der Waals surface area contributed by atoms with Gasteiger partial charge in [-0.25, -0.2) is 9.07 Å². The quantitative estimate of drug-likeness (QED) is 0.645. The molecule has 4 rings (SSSR count). The number of hydrogen-bond donors (Lipinski definition) is 1. The number of hydrogen-bond acceptors (Lipinski definition) is 2. The van der Waals surface area contributed by atoms with E-state index in [4.69, 9.17) is 0 Å². The highest BCUT2D eigenvalue weighted by Crippen LogP contribution is 2.42. The minimum atomic E-state index is -0.403. The third-order valence-corrected chi connectivity index (χ3v) is 6.62. The van der Waals surface area contributed by atoms with Gasteiger partial charge in [0.1, 0.15) is 5.82 Å². The predicted molar refractivity (Wildman–Crippen MR) is 114 cm³/mol. The minimum absolute atomic E-state index is 0.0950. The summed E-state index contributed by atoms with van der Waals surface area (Å²) < 4.78 is 15.2. The Hall–Kier alpha value is -2.46. The molecule has 0 spiro atoms. The van der Waals surface area contributed by atoms with Crippen LogP contribution in [0.15, 0.2) is 60.8 Å². The maximum atomic E-state index is 13.3. The summed E-state index contributed by atoms with van der Waals surface area (Å²) in [7, 11) is 0. The summed E-state index contributed by atoms with van der Waals surface area (Å²) >= 11 is 0. The number of halogens is 1. The molecule has 0 saturated heterocycles.